The van der Waals surface area contributed by atoms with Crippen molar-refractivity contribution in [3.63, 3.8) is 0 Å². The van der Waals surface area contributed by atoms with Crippen molar-refractivity contribution in [2.75, 3.05) is 5.73 Å². The molecule has 5 nitrogen and oxygen atoms in total. The number of thioether (sulfide) groups is 1. The summed E-state index contributed by atoms with van der Waals surface area (Å²) in [5, 5.41) is 1.56. The molecule has 0 atom stereocenters. The zero-order chi connectivity index (χ0) is 15.9. The van der Waals surface area contributed by atoms with Crippen molar-refractivity contribution in [1.29, 1.82) is 0 Å². The number of rotatable bonds is 3. The van der Waals surface area contributed by atoms with Crippen LogP contribution in [0, 0.1) is 6.92 Å². The molecule has 0 aliphatic carbocycles. The van der Waals surface area contributed by atoms with Gasteiger partial charge in [-0.1, -0.05) is 29.3 Å². The van der Waals surface area contributed by atoms with E-state index in [2.05, 4.69) is 15.0 Å². The fraction of sp³-hybridized carbons (Fsp3) is 0.143. The number of benzene rings is 1. The van der Waals surface area contributed by atoms with Crippen LogP contribution in [0.3, 0.4) is 0 Å². The molecule has 1 aromatic carbocycles. The van der Waals surface area contributed by atoms with E-state index in [0.29, 0.717) is 26.8 Å². The van der Waals surface area contributed by atoms with E-state index in [1.54, 1.807) is 6.07 Å². The van der Waals surface area contributed by atoms with E-state index in [1.807, 2.05) is 19.1 Å². The van der Waals surface area contributed by atoms with Gasteiger partial charge >= 0.3 is 0 Å². The molecule has 2 heterocycles. The first kappa shape index (κ1) is 15.3. The molecular weight excluding hydrogens is 343 g/mol. The molecule has 114 valence electrons. The van der Waals surface area contributed by atoms with Gasteiger partial charge in [-0.2, -0.15) is 4.98 Å². The van der Waals surface area contributed by atoms with Crippen LogP contribution in [0.4, 0.5) is 5.95 Å². The molecule has 0 amide bonds. The summed E-state index contributed by atoms with van der Waals surface area (Å²) in [7, 11) is 0. The van der Waals surface area contributed by atoms with Crippen LogP contribution in [0.1, 0.15) is 11.3 Å². The highest BCUT2D eigenvalue weighted by Gasteiger charge is 2.14. The lowest BCUT2D eigenvalue weighted by Crippen LogP contribution is -2.10. The summed E-state index contributed by atoms with van der Waals surface area (Å²) in [5.41, 5.74) is 7.71. The Morgan fingerprint density at radius 1 is 1.27 bits per heavy atom. The van der Waals surface area contributed by atoms with E-state index in [9.17, 15) is 4.79 Å². The molecule has 2 aromatic heterocycles. The second kappa shape index (κ2) is 5.87. The van der Waals surface area contributed by atoms with Gasteiger partial charge in [-0.15, -0.1) is 11.8 Å². The number of fused-ring (bicyclic) bond motifs is 1. The predicted octanol–water partition coefficient (Wildman–Crippen LogP) is 3.74. The molecule has 0 unspecified atom stereocenters. The van der Waals surface area contributed by atoms with Crippen LogP contribution < -0.4 is 11.3 Å². The standard InChI is InChI=1S/C14H12Cl2N4OS/c1-6-11(10-12(18-6)19-14(17)20-13(10)21)22-5-7-2-3-8(15)9(16)4-7/h2-4H,5H2,1H3,(H4,17,18,19,20,21). The highest BCUT2D eigenvalue weighted by molar-refractivity contribution is 7.98. The van der Waals surface area contributed by atoms with Crippen molar-refractivity contribution in [1.82, 2.24) is 15.0 Å². The van der Waals surface area contributed by atoms with Crippen LogP contribution in [0.5, 0.6) is 0 Å². The molecule has 3 rings (SSSR count). The zero-order valence-corrected chi connectivity index (χ0v) is 13.9. The largest absolute Gasteiger partial charge is 0.369 e. The first-order valence-corrected chi connectivity index (χ1v) is 8.14. The topological polar surface area (TPSA) is 87.6 Å². The molecule has 0 radical (unpaired) electrons. The summed E-state index contributed by atoms with van der Waals surface area (Å²) in [6.45, 7) is 1.90. The second-order valence-corrected chi connectivity index (χ2v) is 6.59. The number of halogens is 2. The SMILES string of the molecule is Cc1[nH]c2nc(N)[nH]c(=O)c2c1SCc1ccc(Cl)c(Cl)c1. The van der Waals surface area contributed by atoms with Gasteiger partial charge in [0.15, 0.2) is 0 Å². The Morgan fingerprint density at radius 2 is 2.05 bits per heavy atom. The first-order chi connectivity index (χ1) is 10.5. The molecule has 3 aromatic rings. The van der Waals surface area contributed by atoms with Crippen molar-refractivity contribution >= 4 is 51.9 Å². The Morgan fingerprint density at radius 3 is 2.77 bits per heavy atom. The summed E-state index contributed by atoms with van der Waals surface area (Å²) in [6, 6.07) is 5.49. The Kier molecular flexibility index (Phi) is 4.08. The Hall–Kier alpha value is -1.63. The Bertz CT molecular complexity index is 919. The van der Waals surface area contributed by atoms with Gasteiger partial charge in [0.1, 0.15) is 5.65 Å². The van der Waals surface area contributed by atoms with E-state index in [1.165, 1.54) is 11.8 Å². The van der Waals surface area contributed by atoms with Gasteiger partial charge in [0.25, 0.3) is 5.56 Å². The van der Waals surface area contributed by atoms with Crippen LogP contribution in [0.15, 0.2) is 27.9 Å². The smallest absolute Gasteiger partial charge is 0.262 e. The first-order valence-electron chi connectivity index (χ1n) is 6.40. The van der Waals surface area contributed by atoms with E-state index in [-0.39, 0.29) is 11.5 Å². The minimum atomic E-state index is -0.247. The molecule has 8 heteroatoms. The third kappa shape index (κ3) is 2.82. The van der Waals surface area contributed by atoms with Crippen LogP contribution in [0.2, 0.25) is 10.0 Å². The number of hydrogen-bond donors (Lipinski definition) is 3. The number of anilines is 1. The monoisotopic (exact) mass is 354 g/mol. The van der Waals surface area contributed by atoms with Crippen LogP contribution >= 0.6 is 35.0 Å². The molecule has 0 fully saturated rings. The average Bonchev–Trinajstić information content (AvgIpc) is 2.76. The van der Waals surface area contributed by atoms with Gasteiger partial charge < -0.3 is 10.7 Å². The number of H-pyrrole nitrogens is 2. The average molecular weight is 355 g/mol. The maximum absolute atomic E-state index is 12.1. The maximum atomic E-state index is 12.1. The Balaban J connectivity index is 1.95. The van der Waals surface area contributed by atoms with Crippen molar-refractivity contribution in [2.45, 2.75) is 17.6 Å². The van der Waals surface area contributed by atoms with Gasteiger partial charge in [-0.3, -0.25) is 9.78 Å². The lowest BCUT2D eigenvalue weighted by Gasteiger charge is -2.04. The van der Waals surface area contributed by atoms with E-state index < -0.39 is 0 Å². The minimum absolute atomic E-state index is 0.0970. The fourth-order valence-corrected chi connectivity index (χ4v) is 3.59. The lowest BCUT2D eigenvalue weighted by atomic mass is 10.2. The van der Waals surface area contributed by atoms with Crippen molar-refractivity contribution < 1.29 is 0 Å². The second-order valence-electron chi connectivity index (χ2n) is 4.79. The van der Waals surface area contributed by atoms with Crippen LogP contribution in [0.25, 0.3) is 11.0 Å². The number of nitrogens with zero attached hydrogens (tertiary/aromatic N) is 1. The van der Waals surface area contributed by atoms with Crippen molar-refractivity contribution in [3.05, 3.63) is 49.9 Å². The molecule has 0 aliphatic rings. The summed E-state index contributed by atoms with van der Waals surface area (Å²) in [6.07, 6.45) is 0. The number of nitrogens with one attached hydrogen (secondary N) is 2. The number of hydrogen-bond acceptors (Lipinski definition) is 4. The minimum Gasteiger partial charge on any atom is -0.369 e. The Labute approximate surface area is 140 Å². The molecular formula is C14H12Cl2N4OS. The van der Waals surface area contributed by atoms with E-state index >= 15 is 0 Å². The maximum Gasteiger partial charge on any atom is 0.262 e. The fourth-order valence-electron chi connectivity index (χ4n) is 2.18. The van der Waals surface area contributed by atoms with Gasteiger partial charge in [0.2, 0.25) is 5.95 Å². The lowest BCUT2D eigenvalue weighted by molar-refractivity contribution is 1.17. The predicted molar refractivity (Wildman–Crippen MR) is 91.9 cm³/mol. The summed E-state index contributed by atoms with van der Waals surface area (Å²) in [4.78, 5) is 22.7. The number of nitrogens with two attached hydrogens (primary N) is 1. The summed E-state index contributed by atoms with van der Waals surface area (Å²) in [5.74, 6) is 0.758. The van der Waals surface area contributed by atoms with Gasteiger partial charge in [0.05, 0.1) is 15.4 Å². The number of aromatic nitrogens is 3. The summed E-state index contributed by atoms with van der Waals surface area (Å²) >= 11 is 13.5. The number of nitrogen functional groups attached to an aromatic ring is 1. The number of aryl methyl sites for hydroxylation is 1. The van der Waals surface area contributed by atoms with E-state index in [4.69, 9.17) is 28.9 Å². The number of aromatic amines is 2. The molecule has 0 saturated heterocycles. The molecule has 4 N–H and O–H groups in total. The third-order valence-electron chi connectivity index (χ3n) is 3.18. The zero-order valence-electron chi connectivity index (χ0n) is 11.5. The van der Waals surface area contributed by atoms with Crippen LogP contribution in [-0.4, -0.2) is 15.0 Å². The molecule has 0 saturated carbocycles. The van der Waals surface area contributed by atoms with Crippen LogP contribution in [-0.2, 0) is 5.75 Å². The van der Waals surface area contributed by atoms with Gasteiger partial charge in [-0.05, 0) is 24.6 Å². The van der Waals surface area contributed by atoms with E-state index in [0.717, 1.165) is 16.2 Å². The quantitative estimate of drug-likeness (QED) is 0.625. The van der Waals surface area contributed by atoms with Crippen molar-refractivity contribution in [2.24, 2.45) is 0 Å². The normalized spacial score (nSPS) is 11.2. The van der Waals surface area contributed by atoms with Crippen molar-refractivity contribution in [3.8, 4) is 0 Å². The third-order valence-corrected chi connectivity index (χ3v) is 5.19. The van der Waals surface area contributed by atoms with Gasteiger partial charge in [-0.25, -0.2) is 0 Å². The molecule has 22 heavy (non-hydrogen) atoms. The summed E-state index contributed by atoms with van der Waals surface area (Å²) < 4.78 is 0. The molecule has 0 spiro atoms. The van der Waals surface area contributed by atoms with Gasteiger partial charge in [0, 0.05) is 16.3 Å². The highest BCUT2D eigenvalue weighted by atomic mass is 35.5. The molecule has 0 aliphatic heterocycles. The highest BCUT2D eigenvalue weighted by Crippen LogP contribution is 2.32. The molecule has 0 bridgehead atoms.